The zero-order chi connectivity index (χ0) is 17.6. The standard InChI is InChI=1S/C19H18BrClN2O2/c1-25-17-9-4-12(20)11-15(17)18-22-10-2-3-16(22)19(24)23(18)14-7-5-13(21)6-8-14/h4-9,11,16,18H,2-3,10H2,1H3. The molecule has 2 atom stereocenters. The third kappa shape index (κ3) is 2.84. The predicted octanol–water partition coefficient (Wildman–Crippen LogP) is 4.62. The maximum Gasteiger partial charge on any atom is 0.246 e. The van der Waals surface area contributed by atoms with Gasteiger partial charge in [-0.1, -0.05) is 27.5 Å². The fourth-order valence-electron chi connectivity index (χ4n) is 3.87. The maximum atomic E-state index is 13.1. The number of benzene rings is 2. The van der Waals surface area contributed by atoms with Gasteiger partial charge in [-0.25, -0.2) is 0 Å². The van der Waals surface area contributed by atoms with E-state index in [1.54, 1.807) is 7.11 Å². The Morgan fingerprint density at radius 1 is 1.20 bits per heavy atom. The van der Waals surface area contributed by atoms with E-state index >= 15 is 0 Å². The highest BCUT2D eigenvalue weighted by molar-refractivity contribution is 9.10. The molecule has 2 aromatic carbocycles. The number of nitrogens with zero attached hydrogens (tertiary/aromatic N) is 2. The molecule has 2 aliphatic heterocycles. The molecule has 0 radical (unpaired) electrons. The summed E-state index contributed by atoms with van der Waals surface area (Å²) in [5.74, 6) is 0.930. The molecular weight excluding hydrogens is 404 g/mol. The fourth-order valence-corrected chi connectivity index (χ4v) is 4.38. The van der Waals surface area contributed by atoms with Gasteiger partial charge in [0.1, 0.15) is 11.9 Å². The van der Waals surface area contributed by atoms with Gasteiger partial charge in [0.15, 0.2) is 0 Å². The lowest BCUT2D eigenvalue weighted by Gasteiger charge is -2.31. The lowest BCUT2D eigenvalue weighted by atomic mass is 10.1. The molecule has 2 heterocycles. The zero-order valence-corrected chi connectivity index (χ0v) is 16.1. The van der Waals surface area contributed by atoms with Crippen molar-refractivity contribution in [1.29, 1.82) is 0 Å². The SMILES string of the molecule is COc1ccc(Br)cc1C1N(c2ccc(Cl)cc2)C(=O)C2CCCN21. The summed E-state index contributed by atoms with van der Waals surface area (Å²) < 4.78 is 6.56. The fraction of sp³-hybridized carbons (Fsp3) is 0.316. The molecule has 2 unspecified atom stereocenters. The molecule has 2 saturated heterocycles. The molecule has 0 N–H and O–H groups in total. The van der Waals surface area contributed by atoms with Gasteiger partial charge in [-0.3, -0.25) is 14.6 Å². The maximum absolute atomic E-state index is 13.1. The molecule has 2 fully saturated rings. The summed E-state index contributed by atoms with van der Waals surface area (Å²) in [6.45, 7) is 0.904. The average Bonchev–Trinajstić information content (AvgIpc) is 3.18. The van der Waals surface area contributed by atoms with E-state index in [-0.39, 0.29) is 18.1 Å². The van der Waals surface area contributed by atoms with Gasteiger partial charge < -0.3 is 4.74 Å². The minimum absolute atomic E-state index is 0.0654. The molecule has 2 aliphatic rings. The smallest absolute Gasteiger partial charge is 0.246 e. The predicted molar refractivity (Wildman–Crippen MR) is 102 cm³/mol. The van der Waals surface area contributed by atoms with E-state index in [1.165, 1.54) is 0 Å². The molecule has 1 amide bonds. The largest absolute Gasteiger partial charge is 0.496 e. The number of hydrogen-bond donors (Lipinski definition) is 0. The van der Waals surface area contributed by atoms with Crippen LogP contribution in [0.2, 0.25) is 5.02 Å². The van der Waals surface area contributed by atoms with Crippen LogP contribution in [0.5, 0.6) is 5.75 Å². The van der Waals surface area contributed by atoms with Gasteiger partial charge in [-0.2, -0.15) is 0 Å². The summed E-state index contributed by atoms with van der Waals surface area (Å²) in [5, 5.41) is 0.660. The second kappa shape index (κ2) is 6.63. The molecule has 0 aromatic heterocycles. The van der Waals surface area contributed by atoms with Gasteiger partial charge in [0.2, 0.25) is 5.91 Å². The first kappa shape index (κ1) is 16.9. The summed E-state index contributed by atoms with van der Waals surface area (Å²) in [5.41, 5.74) is 1.85. The molecule has 130 valence electrons. The van der Waals surface area contributed by atoms with Crippen LogP contribution in [0.25, 0.3) is 0 Å². The number of anilines is 1. The Labute approximate surface area is 160 Å². The number of hydrogen-bond acceptors (Lipinski definition) is 3. The quantitative estimate of drug-likeness (QED) is 0.725. The van der Waals surface area contributed by atoms with E-state index in [2.05, 4.69) is 20.8 Å². The highest BCUT2D eigenvalue weighted by Gasteiger charge is 2.50. The van der Waals surface area contributed by atoms with Crippen molar-refractivity contribution < 1.29 is 9.53 Å². The van der Waals surface area contributed by atoms with Crippen molar-refractivity contribution >= 4 is 39.1 Å². The summed E-state index contributed by atoms with van der Waals surface area (Å²) in [7, 11) is 1.66. The number of ether oxygens (including phenoxy) is 1. The molecule has 4 rings (SSSR count). The van der Waals surface area contributed by atoms with Gasteiger partial charge in [-0.15, -0.1) is 0 Å². The normalized spacial score (nSPS) is 23.2. The van der Waals surface area contributed by atoms with Crippen molar-refractivity contribution in [3.63, 3.8) is 0 Å². The average molecular weight is 422 g/mol. The number of carbonyl (C=O) groups excluding carboxylic acids is 1. The molecule has 0 spiro atoms. The third-order valence-electron chi connectivity index (χ3n) is 4.95. The van der Waals surface area contributed by atoms with Gasteiger partial charge in [0, 0.05) is 27.3 Å². The Bertz CT molecular complexity index is 812. The summed E-state index contributed by atoms with van der Waals surface area (Å²) in [4.78, 5) is 17.3. The first-order chi connectivity index (χ1) is 12.1. The highest BCUT2D eigenvalue weighted by Crippen LogP contribution is 2.45. The highest BCUT2D eigenvalue weighted by atomic mass is 79.9. The first-order valence-corrected chi connectivity index (χ1v) is 9.45. The number of halogens is 2. The lowest BCUT2D eigenvalue weighted by molar-refractivity contribution is -0.119. The Morgan fingerprint density at radius 3 is 2.68 bits per heavy atom. The van der Waals surface area contributed by atoms with E-state index in [0.29, 0.717) is 5.02 Å². The Hall–Kier alpha value is -1.56. The van der Waals surface area contributed by atoms with Crippen LogP contribution in [-0.2, 0) is 4.79 Å². The molecule has 0 aliphatic carbocycles. The third-order valence-corrected chi connectivity index (χ3v) is 5.70. The molecule has 6 heteroatoms. The van der Waals surface area contributed by atoms with Crippen LogP contribution in [0, 0.1) is 0 Å². The Morgan fingerprint density at radius 2 is 1.96 bits per heavy atom. The Balaban J connectivity index is 1.85. The van der Waals surface area contributed by atoms with Crippen LogP contribution in [0.15, 0.2) is 46.9 Å². The van der Waals surface area contributed by atoms with Gasteiger partial charge in [0.25, 0.3) is 0 Å². The number of methoxy groups -OCH3 is 1. The molecule has 0 bridgehead atoms. The molecule has 4 nitrogen and oxygen atoms in total. The summed E-state index contributed by atoms with van der Waals surface area (Å²) in [6.07, 6.45) is 1.77. The van der Waals surface area contributed by atoms with E-state index in [4.69, 9.17) is 16.3 Å². The molecular formula is C19H18BrClN2O2. The van der Waals surface area contributed by atoms with Crippen LogP contribution in [0.1, 0.15) is 24.6 Å². The van der Waals surface area contributed by atoms with Crippen LogP contribution >= 0.6 is 27.5 Å². The number of carbonyl (C=O) groups is 1. The zero-order valence-electron chi connectivity index (χ0n) is 13.8. The van der Waals surface area contributed by atoms with Crippen molar-refractivity contribution in [3.05, 3.63) is 57.5 Å². The van der Waals surface area contributed by atoms with Crippen LogP contribution in [0.3, 0.4) is 0 Å². The van der Waals surface area contributed by atoms with E-state index in [0.717, 1.165) is 40.9 Å². The van der Waals surface area contributed by atoms with Crippen LogP contribution in [-0.4, -0.2) is 30.5 Å². The van der Waals surface area contributed by atoms with Crippen LogP contribution in [0.4, 0.5) is 5.69 Å². The van der Waals surface area contributed by atoms with Crippen molar-refractivity contribution in [1.82, 2.24) is 4.90 Å². The Kier molecular flexibility index (Phi) is 4.48. The van der Waals surface area contributed by atoms with Crippen molar-refractivity contribution in [2.24, 2.45) is 0 Å². The lowest BCUT2D eigenvalue weighted by Crippen LogP contribution is -2.32. The molecule has 2 aromatic rings. The molecule has 25 heavy (non-hydrogen) atoms. The minimum Gasteiger partial charge on any atom is -0.496 e. The van der Waals surface area contributed by atoms with Gasteiger partial charge in [-0.05, 0) is 55.3 Å². The monoisotopic (exact) mass is 420 g/mol. The second-order valence-corrected chi connectivity index (χ2v) is 7.69. The minimum atomic E-state index is -0.173. The summed E-state index contributed by atoms with van der Waals surface area (Å²) >= 11 is 9.58. The summed E-state index contributed by atoms with van der Waals surface area (Å²) in [6, 6.07) is 13.3. The number of fused-ring (bicyclic) bond motifs is 1. The first-order valence-electron chi connectivity index (χ1n) is 8.28. The topological polar surface area (TPSA) is 32.8 Å². The van der Waals surface area contributed by atoms with Crippen molar-refractivity contribution in [2.75, 3.05) is 18.6 Å². The van der Waals surface area contributed by atoms with Gasteiger partial charge in [0.05, 0.1) is 13.2 Å². The van der Waals surface area contributed by atoms with Gasteiger partial charge >= 0.3 is 0 Å². The number of rotatable bonds is 3. The second-order valence-electron chi connectivity index (χ2n) is 6.34. The number of amides is 1. The van der Waals surface area contributed by atoms with E-state index < -0.39 is 0 Å². The molecule has 0 saturated carbocycles. The van der Waals surface area contributed by atoms with E-state index in [1.807, 2.05) is 47.4 Å². The van der Waals surface area contributed by atoms with Crippen LogP contribution < -0.4 is 9.64 Å². The van der Waals surface area contributed by atoms with Crippen molar-refractivity contribution in [2.45, 2.75) is 25.0 Å². The van der Waals surface area contributed by atoms with Crippen molar-refractivity contribution in [3.8, 4) is 5.75 Å². The van der Waals surface area contributed by atoms with E-state index in [9.17, 15) is 4.79 Å².